The number of fused-ring (bicyclic) bond motifs is 2. The first-order chi connectivity index (χ1) is 11.8. The number of hydrogen-bond acceptors (Lipinski definition) is 3. The van der Waals surface area contributed by atoms with Gasteiger partial charge in [-0.3, -0.25) is 9.69 Å². The molecule has 1 aliphatic heterocycles. The molecule has 0 unspecified atom stereocenters. The maximum Gasteiger partial charge on any atom is 0.414 e. The van der Waals surface area contributed by atoms with Gasteiger partial charge in [-0.15, -0.1) is 0 Å². The van der Waals surface area contributed by atoms with Gasteiger partial charge in [0.15, 0.2) is 0 Å². The minimum atomic E-state index is -0.325. The standard InChI is InChI=1S/C20H26N2O3/c1-19(2)14-8-9-20(19,3)16(12-14)21-17(23)13-4-6-15(7-5-13)22-10-11-25-18(22)24/h4-7,14,16H,8-12H2,1-3H3,(H,21,23)/t14-,16+,20+/m1/s1. The van der Waals surface area contributed by atoms with E-state index < -0.39 is 0 Å². The van der Waals surface area contributed by atoms with Gasteiger partial charge in [-0.25, -0.2) is 4.79 Å². The van der Waals surface area contributed by atoms with Crippen molar-refractivity contribution in [3.8, 4) is 0 Å². The Morgan fingerprint density at radius 3 is 2.48 bits per heavy atom. The number of carbonyl (C=O) groups excluding carboxylic acids is 2. The third kappa shape index (κ3) is 2.35. The Labute approximate surface area is 148 Å². The highest BCUT2D eigenvalue weighted by Crippen LogP contribution is 2.65. The smallest absolute Gasteiger partial charge is 0.414 e. The van der Waals surface area contributed by atoms with Crippen LogP contribution in [0.4, 0.5) is 10.5 Å². The lowest BCUT2D eigenvalue weighted by atomic mass is 9.69. The first-order valence-electron chi connectivity index (χ1n) is 9.18. The normalized spacial score (nSPS) is 32.8. The van der Waals surface area contributed by atoms with Gasteiger partial charge >= 0.3 is 6.09 Å². The van der Waals surface area contributed by atoms with Crippen molar-refractivity contribution in [3.05, 3.63) is 29.8 Å². The number of carbonyl (C=O) groups is 2. The lowest BCUT2D eigenvalue weighted by Gasteiger charge is -2.39. The molecule has 0 radical (unpaired) electrons. The number of anilines is 1. The van der Waals surface area contributed by atoms with Gasteiger partial charge in [0.1, 0.15) is 6.61 Å². The summed E-state index contributed by atoms with van der Waals surface area (Å²) in [4.78, 5) is 25.9. The van der Waals surface area contributed by atoms with E-state index in [9.17, 15) is 9.59 Å². The van der Waals surface area contributed by atoms with Crippen LogP contribution in [0.3, 0.4) is 0 Å². The Bertz CT molecular complexity index is 712. The van der Waals surface area contributed by atoms with Crippen molar-refractivity contribution < 1.29 is 14.3 Å². The molecule has 1 heterocycles. The highest BCUT2D eigenvalue weighted by molar-refractivity contribution is 5.96. The van der Waals surface area contributed by atoms with Gasteiger partial charge in [0.2, 0.25) is 0 Å². The van der Waals surface area contributed by atoms with Gasteiger partial charge < -0.3 is 10.1 Å². The Morgan fingerprint density at radius 2 is 1.96 bits per heavy atom. The Hall–Kier alpha value is -2.04. The van der Waals surface area contributed by atoms with Crippen molar-refractivity contribution in [1.82, 2.24) is 5.32 Å². The molecule has 25 heavy (non-hydrogen) atoms. The SMILES string of the molecule is CC1(C)[C@@H]2CC[C@@]1(C)[C@@H](NC(=O)c1ccc(N3CCOC3=O)cc1)C2. The number of nitrogens with one attached hydrogen (secondary N) is 1. The predicted octanol–water partition coefficient (Wildman–Crippen LogP) is 3.59. The number of cyclic esters (lactones) is 1. The van der Waals surface area contributed by atoms with Gasteiger partial charge in [0.25, 0.3) is 5.91 Å². The van der Waals surface area contributed by atoms with Crippen LogP contribution in [-0.2, 0) is 4.74 Å². The molecule has 134 valence electrons. The molecular weight excluding hydrogens is 316 g/mol. The number of rotatable bonds is 3. The molecule has 2 amide bonds. The molecule has 1 aromatic rings. The summed E-state index contributed by atoms with van der Waals surface area (Å²) < 4.78 is 4.95. The van der Waals surface area contributed by atoms with Crippen molar-refractivity contribution >= 4 is 17.7 Å². The second kappa shape index (κ2) is 5.48. The largest absolute Gasteiger partial charge is 0.447 e. The zero-order chi connectivity index (χ0) is 17.8. The molecule has 0 spiro atoms. The number of nitrogens with zero attached hydrogens (tertiary/aromatic N) is 1. The topological polar surface area (TPSA) is 58.6 Å². The van der Waals surface area contributed by atoms with E-state index in [-0.39, 0.29) is 28.9 Å². The number of ether oxygens (including phenoxy) is 1. The zero-order valence-corrected chi connectivity index (χ0v) is 15.2. The first-order valence-corrected chi connectivity index (χ1v) is 9.18. The number of amides is 2. The number of benzene rings is 1. The Morgan fingerprint density at radius 1 is 1.24 bits per heavy atom. The fourth-order valence-electron chi connectivity index (χ4n) is 5.08. The van der Waals surface area contributed by atoms with Crippen LogP contribution >= 0.6 is 0 Å². The van der Waals surface area contributed by atoms with E-state index >= 15 is 0 Å². The van der Waals surface area contributed by atoms with Crippen molar-refractivity contribution in [3.63, 3.8) is 0 Å². The summed E-state index contributed by atoms with van der Waals surface area (Å²) in [7, 11) is 0. The quantitative estimate of drug-likeness (QED) is 0.913. The molecule has 5 nitrogen and oxygen atoms in total. The van der Waals surface area contributed by atoms with Crippen LogP contribution in [0.15, 0.2) is 24.3 Å². The predicted molar refractivity (Wildman–Crippen MR) is 95.6 cm³/mol. The van der Waals surface area contributed by atoms with Gasteiger partial charge in [-0.05, 0) is 60.3 Å². The van der Waals surface area contributed by atoms with Crippen LogP contribution in [0.5, 0.6) is 0 Å². The van der Waals surface area contributed by atoms with Gasteiger partial charge in [0, 0.05) is 17.3 Å². The van der Waals surface area contributed by atoms with E-state index in [1.54, 1.807) is 17.0 Å². The summed E-state index contributed by atoms with van der Waals surface area (Å²) in [6.45, 7) is 7.99. The Kier molecular flexibility index (Phi) is 3.60. The lowest BCUT2D eigenvalue weighted by molar-refractivity contribution is 0.0826. The van der Waals surface area contributed by atoms with Crippen molar-refractivity contribution in [2.45, 2.75) is 46.1 Å². The van der Waals surface area contributed by atoms with Gasteiger partial charge in [0.05, 0.1) is 6.54 Å². The fraction of sp³-hybridized carbons (Fsp3) is 0.600. The first kappa shape index (κ1) is 16.4. The molecule has 3 aliphatic rings. The van der Waals surface area contributed by atoms with E-state index in [0.29, 0.717) is 24.6 Å². The molecule has 2 saturated carbocycles. The van der Waals surface area contributed by atoms with Crippen molar-refractivity contribution in [2.24, 2.45) is 16.7 Å². The van der Waals surface area contributed by atoms with Crippen LogP contribution in [-0.4, -0.2) is 31.2 Å². The molecule has 1 saturated heterocycles. The minimum absolute atomic E-state index is 0.0230. The Balaban J connectivity index is 1.46. The summed E-state index contributed by atoms with van der Waals surface area (Å²) in [5.74, 6) is 0.677. The summed E-state index contributed by atoms with van der Waals surface area (Å²) >= 11 is 0. The second-order valence-electron chi connectivity index (χ2n) is 8.45. The fourth-order valence-corrected chi connectivity index (χ4v) is 5.08. The van der Waals surface area contributed by atoms with Crippen LogP contribution < -0.4 is 10.2 Å². The average Bonchev–Trinajstić information content (AvgIpc) is 3.16. The maximum absolute atomic E-state index is 12.7. The highest BCUT2D eigenvalue weighted by atomic mass is 16.6. The minimum Gasteiger partial charge on any atom is -0.447 e. The lowest BCUT2D eigenvalue weighted by Crippen LogP contribution is -2.46. The van der Waals surface area contributed by atoms with Gasteiger partial charge in [-0.1, -0.05) is 20.8 Å². The molecule has 2 aliphatic carbocycles. The van der Waals surface area contributed by atoms with Crippen LogP contribution in [0.2, 0.25) is 0 Å². The molecular formula is C20H26N2O3. The average molecular weight is 342 g/mol. The molecule has 5 heteroatoms. The summed E-state index contributed by atoms with van der Waals surface area (Å²) in [5.41, 5.74) is 1.87. The van der Waals surface area contributed by atoms with E-state index in [4.69, 9.17) is 4.74 Å². The molecule has 4 rings (SSSR count). The van der Waals surface area contributed by atoms with E-state index in [1.165, 1.54) is 12.8 Å². The molecule has 3 atom stereocenters. The van der Waals surface area contributed by atoms with E-state index in [2.05, 4.69) is 26.1 Å². The van der Waals surface area contributed by atoms with Crippen molar-refractivity contribution in [2.75, 3.05) is 18.1 Å². The van der Waals surface area contributed by atoms with Crippen LogP contribution in [0.25, 0.3) is 0 Å². The third-order valence-corrected chi connectivity index (χ3v) is 7.30. The van der Waals surface area contributed by atoms with Gasteiger partial charge in [-0.2, -0.15) is 0 Å². The number of hydrogen-bond donors (Lipinski definition) is 1. The summed E-state index contributed by atoms with van der Waals surface area (Å²) in [6, 6.07) is 7.44. The monoisotopic (exact) mass is 342 g/mol. The second-order valence-corrected chi connectivity index (χ2v) is 8.45. The van der Waals surface area contributed by atoms with E-state index in [1.807, 2.05) is 12.1 Å². The molecule has 1 aromatic carbocycles. The summed E-state index contributed by atoms with van der Waals surface area (Å²) in [6.07, 6.45) is 3.21. The maximum atomic E-state index is 12.7. The highest BCUT2D eigenvalue weighted by Gasteiger charge is 2.61. The van der Waals surface area contributed by atoms with E-state index in [0.717, 1.165) is 12.1 Å². The van der Waals surface area contributed by atoms with Crippen LogP contribution in [0.1, 0.15) is 50.4 Å². The molecule has 0 aromatic heterocycles. The third-order valence-electron chi connectivity index (χ3n) is 7.30. The summed E-state index contributed by atoms with van der Waals surface area (Å²) in [5, 5.41) is 3.28. The molecule has 3 fully saturated rings. The van der Waals surface area contributed by atoms with Crippen molar-refractivity contribution in [1.29, 1.82) is 0 Å². The molecule has 2 bridgehead atoms. The zero-order valence-electron chi connectivity index (χ0n) is 15.2. The molecule has 1 N–H and O–H groups in total. The van der Waals surface area contributed by atoms with Crippen LogP contribution in [0, 0.1) is 16.7 Å².